The normalized spacial score (nSPS) is 16.5. The molecule has 0 aliphatic heterocycles. The summed E-state index contributed by atoms with van der Waals surface area (Å²) in [5.41, 5.74) is 8.67. The highest BCUT2D eigenvalue weighted by Gasteiger charge is 2.28. The quantitative estimate of drug-likeness (QED) is 0.0521. The number of hydrogen-bond donors (Lipinski definition) is 5. The van der Waals surface area contributed by atoms with Gasteiger partial charge in [0.25, 0.3) is 0 Å². The highest BCUT2D eigenvalue weighted by Crippen LogP contribution is 2.31. The monoisotopic (exact) mass is 731 g/mol. The van der Waals surface area contributed by atoms with Crippen LogP contribution in [-0.2, 0) is 30.5 Å². The molecule has 1 atom stereocenters. The van der Waals surface area contributed by atoms with Crippen LogP contribution in [-0.4, -0.2) is 86.0 Å². The molecular weight excluding hydrogens is 681 g/mol. The average molecular weight is 732 g/mol. The Morgan fingerprint density at radius 3 is 2.57 bits per heavy atom. The lowest BCUT2D eigenvalue weighted by molar-refractivity contribution is -0.126. The van der Waals surface area contributed by atoms with Gasteiger partial charge in [-0.15, -0.1) is 0 Å². The number of aldehydes is 1. The van der Waals surface area contributed by atoms with Crippen molar-refractivity contribution in [1.82, 2.24) is 20.5 Å². The smallest absolute Gasteiger partial charge is 0.250 e. The van der Waals surface area contributed by atoms with Crippen LogP contribution in [0.1, 0.15) is 56.6 Å². The molecule has 0 bridgehead atoms. The van der Waals surface area contributed by atoms with Crippen LogP contribution in [0.5, 0.6) is 5.75 Å². The molecule has 3 rings (SSSR count). The first-order chi connectivity index (χ1) is 24.6. The molecule has 1 saturated carbocycles. The van der Waals surface area contributed by atoms with Crippen molar-refractivity contribution in [2.75, 3.05) is 44.7 Å². The van der Waals surface area contributed by atoms with Gasteiger partial charge in [-0.05, 0) is 68.4 Å². The predicted molar refractivity (Wildman–Crippen MR) is 194 cm³/mol. The number of nitrogens with one attached hydrogen (secondary N) is 3. The summed E-state index contributed by atoms with van der Waals surface area (Å²) >= 11 is 5.83. The van der Waals surface area contributed by atoms with Crippen molar-refractivity contribution in [3.05, 3.63) is 70.3 Å². The summed E-state index contributed by atoms with van der Waals surface area (Å²) in [5.74, 6) is 4.95. The molecule has 0 heterocycles. The van der Waals surface area contributed by atoms with E-state index in [0.717, 1.165) is 23.8 Å². The van der Waals surface area contributed by atoms with E-state index in [0.29, 0.717) is 69.5 Å². The van der Waals surface area contributed by atoms with Gasteiger partial charge < -0.3 is 45.9 Å². The molecule has 3 amide bonds. The predicted octanol–water partition coefficient (Wildman–Crippen LogP) is 3.39. The van der Waals surface area contributed by atoms with E-state index < -0.39 is 11.9 Å². The van der Waals surface area contributed by atoms with Crippen LogP contribution in [0.25, 0.3) is 0 Å². The third-order valence-corrected chi connectivity index (χ3v) is 8.88. The van der Waals surface area contributed by atoms with Crippen LogP contribution in [0.4, 0.5) is 10.1 Å². The largest absolute Gasteiger partial charge is 0.487 e. The topological polar surface area (TPSA) is 181 Å². The third kappa shape index (κ3) is 13.8. The highest BCUT2D eigenvalue weighted by atomic mass is 35.5. The van der Waals surface area contributed by atoms with Gasteiger partial charge in [0.2, 0.25) is 18.2 Å². The number of hydrogen-bond acceptors (Lipinski definition) is 10. The van der Waals surface area contributed by atoms with E-state index in [4.69, 9.17) is 32.7 Å². The zero-order valence-corrected chi connectivity index (χ0v) is 30.1. The van der Waals surface area contributed by atoms with E-state index >= 15 is 0 Å². The molecule has 280 valence electrons. The number of amides is 3. The Balaban J connectivity index is 1.28. The zero-order chi connectivity index (χ0) is 37.2. The summed E-state index contributed by atoms with van der Waals surface area (Å²) in [4.78, 5) is 50.0. The Hall–Kier alpha value is -4.24. The minimum atomic E-state index is -0.577. The second-order valence-electron chi connectivity index (χ2n) is 12.5. The van der Waals surface area contributed by atoms with E-state index in [-0.39, 0.29) is 60.9 Å². The van der Waals surface area contributed by atoms with Crippen LogP contribution < -0.4 is 32.3 Å². The molecule has 1 unspecified atom stereocenters. The van der Waals surface area contributed by atoms with Crippen molar-refractivity contribution >= 4 is 41.8 Å². The Labute approximate surface area is 304 Å². The summed E-state index contributed by atoms with van der Waals surface area (Å²) in [6, 6.07) is 9.57. The number of anilines is 1. The van der Waals surface area contributed by atoms with Crippen LogP contribution in [0.2, 0.25) is 5.02 Å². The number of carbonyl (C=O) groups excluding carboxylic acids is 4. The Morgan fingerprint density at radius 2 is 1.86 bits per heavy atom. The van der Waals surface area contributed by atoms with Gasteiger partial charge in [-0.3, -0.25) is 14.4 Å². The number of aryl methyl sites for hydroxylation is 1. The summed E-state index contributed by atoms with van der Waals surface area (Å²) in [7, 11) is 0. The van der Waals surface area contributed by atoms with Crippen molar-refractivity contribution in [2.24, 2.45) is 17.5 Å². The first-order valence-corrected chi connectivity index (χ1v) is 17.6. The maximum Gasteiger partial charge on any atom is 0.250 e. The number of rotatable bonds is 22. The molecule has 0 radical (unpaired) electrons. The molecule has 7 N–H and O–H groups in total. The molecular formula is C36H51ClFN7O6. The van der Waals surface area contributed by atoms with Crippen molar-refractivity contribution in [2.45, 2.75) is 71.1 Å². The van der Waals surface area contributed by atoms with Crippen LogP contribution in [0.15, 0.2) is 48.3 Å². The van der Waals surface area contributed by atoms with Crippen LogP contribution in [0, 0.1) is 18.7 Å². The van der Waals surface area contributed by atoms with E-state index in [1.165, 1.54) is 16.0 Å². The summed E-state index contributed by atoms with van der Waals surface area (Å²) in [6.45, 7) is 5.73. The molecule has 2 aromatic carbocycles. The number of nitrogens with zero attached hydrogens (tertiary/aromatic N) is 2. The fourth-order valence-corrected chi connectivity index (χ4v) is 5.90. The van der Waals surface area contributed by atoms with Gasteiger partial charge in [-0.1, -0.05) is 43.1 Å². The van der Waals surface area contributed by atoms with Gasteiger partial charge in [0.05, 0.1) is 30.3 Å². The second-order valence-corrected chi connectivity index (χ2v) is 12.9. The van der Waals surface area contributed by atoms with Gasteiger partial charge in [-0.25, -0.2) is 10.2 Å². The maximum atomic E-state index is 14.1. The van der Waals surface area contributed by atoms with E-state index in [1.807, 2.05) is 26.0 Å². The number of halogens is 2. The Morgan fingerprint density at radius 1 is 1.12 bits per heavy atom. The number of carbonyl (C=O) groups is 4. The maximum absolute atomic E-state index is 14.1. The first-order valence-electron chi connectivity index (χ1n) is 17.2. The molecule has 0 spiro atoms. The summed E-state index contributed by atoms with van der Waals surface area (Å²) in [6.07, 6.45) is 6.61. The molecule has 1 aliphatic rings. The molecule has 0 aromatic heterocycles. The molecule has 2 aromatic rings. The number of hydrazine groups is 1. The molecule has 1 aliphatic carbocycles. The Kier molecular flexibility index (Phi) is 17.7. The molecule has 1 fully saturated rings. The Bertz CT molecular complexity index is 1470. The van der Waals surface area contributed by atoms with Gasteiger partial charge >= 0.3 is 0 Å². The molecule has 0 saturated heterocycles. The van der Waals surface area contributed by atoms with E-state index in [1.54, 1.807) is 24.4 Å². The SMILES string of the molecule is CCCC(C=O)N(C=O)Cc1c(C)cccc1NC(=O)COCCNCCN(N)/C=C(\N)CNC(=O)C1CCC(Oc2cccc(Cl)c2F)CC1. The average Bonchev–Trinajstić information content (AvgIpc) is 3.11. The standard InChI is InChI=1S/C36H51ClFN7O6/c1-3-6-28(22-46)44(24-47)21-30-25(2)7-4-9-32(30)43-34(48)23-50-18-16-41-15-17-45(40)20-27(39)19-42-36(49)26-11-13-29(14-12-26)51-33-10-5-8-31(37)35(33)38/h4-5,7-10,20,22,24,26,28-29,41H,3,6,11-19,21,23,39-40H2,1-2H3,(H,42,49)(H,43,48)/b27-20-. The van der Waals surface area contributed by atoms with Crippen molar-refractivity contribution < 1.29 is 33.0 Å². The molecule has 13 nitrogen and oxygen atoms in total. The van der Waals surface area contributed by atoms with Crippen molar-refractivity contribution in [3.8, 4) is 5.75 Å². The van der Waals surface area contributed by atoms with E-state index in [2.05, 4.69) is 16.0 Å². The number of benzene rings is 2. The summed E-state index contributed by atoms with van der Waals surface area (Å²) in [5, 5.41) is 10.3. The fraction of sp³-hybridized carbons (Fsp3) is 0.500. The number of ether oxygens (including phenoxy) is 2. The van der Waals surface area contributed by atoms with Crippen molar-refractivity contribution in [1.29, 1.82) is 0 Å². The lowest BCUT2D eigenvalue weighted by Crippen LogP contribution is -2.38. The van der Waals surface area contributed by atoms with Gasteiger partial charge in [0, 0.05) is 49.7 Å². The van der Waals surface area contributed by atoms with Gasteiger partial charge in [0.1, 0.15) is 12.9 Å². The third-order valence-electron chi connectivity index (χ3n) is 8.58. The van der Waals surface area contributed by atoms with Gasteiger partial charge in [0.15, 0.2) is 11.6 Å². The minimum Gasteiger partial charge on any atom is -0.487 e. The van der Waals surface area contributed by atoms with Crippen LogP contribution in [0.3, 0.4) is 0 Å². The molecule has 15 heteroatoms. The second kappa shape index (κ2) is 21.9. The first kappa shape index (κ1) is 41.2. The van der Waals surface area contributed by atoms with Crippen LogP contribution >= 0.6 is 11.6 Å². The fourth-order valence-electron chi connectivity index (χ4n) is 5.74. The lowest BCUT2D eigenvalue weighted by atomic mass is 9.86. The molecule has 51 heavy (non-hydrogen) atoms. The van der Waals surface area contributed by atoms with E-state index in [9.17, 15) is 23.6 Å². The van der Waals surface area contributed by atoms with Crippen molar-refractivity contribution in [3.63, 3.8) is 0 Å². The number of nitrogens with two attached hydrogens (primary N) is 2. The zero-order valence-electron chi connectivity index (χ0n) is 29.4. The minimum absolute atomic E-state index is 0.0114. The highest BCUT2D eigenvalue weighted by molar-refractivity contribution is 6.30. The lowest BCUT2D eigenvalue weighted by Gasteiger charge is -2.28. The van der Waals surface area contributed by atoms with Gasteiger partial charge in [-0.2, -0.15) is 0 Å². The summed E-state index contributed by atoms with van der Waals surface area (Å²) < 4.78 is 25.4.